The molecule has 92 valence electrons. The fraction of sp³-hybridized carbons (Fsp3) is 0. The van der Waals surface area contributed by atoms with Gasteiger partial charge in [-0.3, -0.25) is 4.79 Å². The van der Waals surface area contributed by atoms with Crippen molar-refractivity contribution in [1.29, 1.82) is 10.5 Å². The standard InChI is InChI=1S/C8H4ClNO.C7H5N/c9-8(11)7-3-1-6(5-10)2-4-7;8-6-7-4-2-1-3-5-7/h1-4H;1-5H. The van der Waals surface area contributed by atoms with Crippen molar-refractivity contribution in [3.8, 4) is 12.1 Å². The van der Waals surface area contributed by atoms with Crippen LogP contribution >= 0.6 is 11.6 Å². The minimum atomic E-state index is -0.505. The Hall–Kier alpha value is -2.62. The molecule has 0 saturated carbocycles. The van der Waals surface area contributed by atoms with Crippen molar-refractivity contribution in [2.75, 3.05) is 0 Å². The molecule has 0 bridgehead atoms. The lowest BCUT2D eigenvalue weighted by molar-refractivity contribution is 0.108. The third kappa shape index (κ3) is 5.04. The third-order valence-electron chi connectivity index (χ3n) is 2.14. The summed E-state index contributed by atoms with van der Waals surface area (Å²) in [5.41, 5.74) is 1.64. The van der Waals surface area contributed by atoms with Gasteiger partial charge in [-0.1, -0.05) is 18.2 Å². The first-order valence-corrected chi connectivity index (χ1v) is 5.70. The largest absolute Gasteiger partial charge is 0.276 e. The lowest BCUT2D eigenvalue weighted by atomic mass is 10.2. The molecule has 0 atom stereocenters. The van der Waals surface area contributed by atoms with E-state index in [9.17, 15) is 4.79 Å². The Labute approximate surface area is 116 Å². The van der Waals surface area contributed by atoms with Crippen LogP contribution in [0.25, 0.3) is 0 Å². The summed E-state index contributed by atoms with van der Waals surface area (Å²) in [7, 11) is 0. The number of hydrogen-bond donors (Lipinski definition) is 0. The van der Waals surface area contributed by atoms with Crippen LogP contribution in [0.5, 0.6) is 0 Å². The molecule has 0 heterocycles. The van der Waals surface area contributed by atoms with Crippen molar-refractivity contribution < 1.29 is 4.79 Å². The summed E-state index contributed by atoms with van der Waals surface area (Å²) in [6.07, 6.45) is 0. The van der Waals surface area contributed by atoms with Crippen molar-refractivity contribution in [3.63, 3.8) is 0 Å². The maximum absolute atomic E-state index is 10.5. The van der Waals surface area contributed by atoms with Crippen LogP contribution in [-0.2, 0) is 0 Å². The van der Waals surface area contributed by atoms with Crippen molar-refractivity contribution >= 4 is 16.8 Å². The van der Waals surface area contributed by atoms with Crippen LogP contribution < -0.4 is 0 Å². The summed E-state index contributed by atoms with van der Waals surface area (Å²) < 4.78 is 0. The smallest absolute Gasteiger partial charge is 0.252 e. The van der Waals surface area contributed by atoms with E-state index in [0.717, 1.165) is 0 Å². The van der Waals surface area contributed by atoms with Crippen molar-refractivity contribution in [1.82, 2.24) is 0 Å². The Morgan fingerprint density at radius 3 is 1.68 bits per heavy atom. The number of nitriles is 2. The van der Waals surface area contributed by atoms with E-state index in [1.165, 1.54) is 12.1 Å². The number of hydrogen-bond acceptors (Lipinski definition) is 3. The van der Waals surface area contributed by atoms with Gasteiger partial charge >= 0.3 is 0 Å². The van der Waals surface area contributed by atoms with Crippen molar-refractivity contribution in [2.24, 2.45) is 0 Å². The first kappa shape index (κ1) is 14.4. The van der Waals surface area contributed by atoms with E-state index >= 15 is 0 Å². The van der Waals surface area contributed by atoms with Crippen LogP contribution in [0.15, 0.2) is 54.6 Å². The van der Waals surface area contributed by atoms with Gasteiger partial charge in [0.05, 0.1) is 23.3 Å². The molecule has 19 heavy (non-hydrogen) atoms. The van der Waals surface area contributed by atoms with E-state index in [1.807, 2.05) is 30.3 Å². The highest BCUT2D eigenvalue weighted by Gasteiger charge is 1.99. The summed E-state index contributed by atoms with van der Waals surface area (Å²) in [5.74, 6) is 0. The van der Waals surface area contributed by atoms with Crippen molar-refractivity contribution in [3.05, 3.63) is 71.3 Å². The Morgan fingerprint density at radius 1 is 0.842 bits per heavy atom. The molecule has 0 spiro atoms. The molecule has 0 N–H and O–H groups in total. The Balaban J connectivity index is 0.000000200. The number of carbonyl (C=O) groups excluding carboxylic acids is 1. The highest BCUT2D eigenvalue weighted by Crippen LogP contribution is 2.05. The zero-order chi connectivity index (χ0) is 14.1. The van der Waals surface area contributed by atoms with E-state index in [-0.39, 0.29) is 0 Å². The molecule has 0 aliphatic rings. The van der Waals surface area contributed by atoms with E-state index in [1.54, 1.807) is 24.3 Å². The van der Waals surface area contributed by atoms with Crippen LogP contribution in [0.4, 0.5) is 0 Å². The SMILES string of the molecule is N#Cc1ccc(C(=O)Cl)cc1.N#Cc1ccccc1. The molecule has 3 nitrogen and oxygen atoms in total. The van der Waals surface area contributed by atoms with Crippen LogP contribution in [0, 0.1) is 22.7 Å². The predicted molar refractivity (Wildman–Crippen MR) is 72.5 cm³/mol. The second-order valence-electron chi connectivity index (χ2n) is 3.44. The van der Waals surface area contributed by atoms with Gasteiger partial charge in [-0.25, -0.2) is 0 Å². The van der Waals surface area contributed by atoms with Gasteiger partial charge in [-0.15, -0.1) is 0 Å². The minimum Gasteiger partial charge on any atom is -0.276 e. The van der Waals surface area contributed by atoms with Gasteiger partial charge in [0.1, 0.15) is 0 Å². The molecule has 0 radical (unpaired) electrons. The first-order valence-electron chi connectivity index (χ1n) is 5.32. The Bertz CT molecular complexity index is 622. The molecular weight excluding hydrogens is 260 g/mol. The lowest BCUT2D eigenvalue weighted by Gasteiger charge is -1.91. The quantitative estimate of drug-likeness (QED) is 0.744. The molecule has 4 heteroatoms. The van der Waals surface area contributed by atoms with Crippen LogP contribution in [0.1, 0.15) is 21.5 Å². The maximum atomic E-state index is 10.5. The van der Waals surface area contributed by atoms with Gasteiger partial charge in [0, 0.05) is 5.56 Å². The van der Waals surface area contributed by atoms with E-state index in [0.29, 0.717) is 16.7 Å². The number of carbonyl (C=O) groups is 1. The maximum Gasteiger partial charge on any atom is 0.252 e. The summed E-state index contributed by atoms with van der Waals surface area (Å²) in [6.45, 7) is 0. The van der Waals surface area contributed by atoms with Gasteiger partial charge < -0.3 is 0 Å². The normalized spacial score (nSPS) is 8.37. The first-order chi connectivity index (χ1) is 9.17. The van der Waals surface area contributed by atoms with Gasteiger partial charge in [-0.05, 0) is 48.0 Å². The van der Waals surface area contributed by atoms with Crippen molar-refractivity contribution in [2.45, 2.75) is 0 Å². The number of rotatable bonds is 1. The average molecular weight is 269 g/mol. The topological polar surface area (TPSA) is 64.7 Å². The number of benzene rings is 2. The summed E-state index contributed by atoms with van der Waals surface area (Å²) >= 11 is 5.18. The van der Waals surface area contributed by atoms with Gasteiger partial charge in [0.2, 0.25) is 0 Å². The van der Waals surface area contributed by atoms with E-state index < -0.39 is 5.24 Å². The van der Waals surface area contributed by atoms with Gasteiger partial charge in [-0.2, -0.15) is 10.5 Å². The number of halogens is 1. The second-order valence-corrected chi connectivity index (χ2v) is 3.78. The Kier molecular flexibility index (Phi) is 5.82. The third-order valence-corrected chi connectivity index (χ3v) is 2.36. The molecule has 0 aliphatic heterocycles. The molecule has 0 aromatic heterocycles. The summed E-state index contributed by atoms with van der Waals surface area (Å²) in [5, 5.41) is 16.2. The highest BCUT2D eigenvalue weighted by molar-refractivity contribution is 6.67. The van der Waals surface area contributed by atoms with E-state index in [4.69, 9.17) is 22.1 Å². The second kappa shape index (κ2) is 7.66. The lowest BCUT2D eigenvalue weighted by Crippen LogP contribution is -1.87. The van der Waals surface area contributed by atoms with E-state index in [2.05, 4.69) is 0 Å². The monoisotopic (exact) mass is 268 g/mol. The summed E-state index contributed by atoms with van der Waals surface area (Å²) in [4.78, 5) is 10.5. The van der Waals surface area contributed by atoms with Gasteiger partial charge in [0.25, 0.3) is 5.24 Å². The van der Waals surface area contributed by atoms with Gasteiger partial charge in [0.15, 0.2) is 0 Å². The molecule has 0 aliphatic carbocycles. The molecule has 0 unspecified atom stereocenters. The van der Waals surface area contributed by atoms with Crippen LogP contribution in [0.2, 0.25) is 0 Å². The Morgan fingerprint density at radius 2 is 1.32 bits per heavy atom. The molecule has 2 aromatic rings. The molecule has 0 saturated heterocycles. The predicted octanol–water partition coefficient (Wildman–Crippen LogP) is 3.50. The average Bonchev–Trinajstić information content (AvgIpc) is 2.48. The zero-order valence-corrected chi connectivity index (χ0v) is 10.6. The fourth-order valence-electron chi connectivity index (χ4n) is 1.19. The molecule has 0 amide bonds. The zero-order valence-electron chi connectivity index (χ0n) is 9.88. The number of nitrogens with zero attached hydrogens (tertiary/aromatic N) is 2. The fourth-order valence-corrected chi connectivity index (χ4v) is 1.31. The molecule has 2 aromatic carbocycles. The summed E-state index contributed by atoms with van der Waals surface area (Å²) in [6, 6.07) is 19.2. The molecular formula is C15H9ClN2O. The van der Waals surface area contributed by atoms with Crippen LogP contribution in [-0.4, -0.2) is 5.24 Å². The van der Waals surface area contributed by atoms with Crippen LogP contribution in [0.3, 0.4) is 0 Å². The molecule has 2 rings (SSSR count). The minimum absolute atomic E-state index is 0.408. The molecule has 0 fully saturated rings. The highest BCUT2D eigenvalue weighted by atomic mass is 35.5.